The number of carbonyl (C=O) groups excluding carboxylic acids is 3. The molecule has 1 heterocycles. The lowest BCUT2D eigenvalue weighted by atomic mass is 10.1. The first kappa shape index (κ1) is 21.9. The topological polar surface area (TPSA) is 88.2 Å². The van der Waals surface area contributed by atoms with Crippen LogP contribution in [0.2, 0.25) is 0 Å². The van der Waals surface area contributed by atoms with Gasteiger partial charge in [-0.2, -0.15) is 0 Å². The SMILES string of the molecule is C=CCN1C(=O)N(c2cccc(C)c2)C(=O)C1CC(=O)Nc1cc(OC)cc(OC)c1. The van der Waals surface area contributed by atoms with Gasteiger partial charge in [-0.05, 0) is 24.6 Å². The van der Waals surface area contributed by atoms with Crippen LogP contribution in [0, 0.1) is 6.92 Å². The van der Waals surface area contributed by atoms with Crippen molar-refractivity contribution in [3.8, 4) is 11.5 Å². The lowest BCUT2D eigenvalue weighted by Crippen LogP contribution is -2.38. The molecule has 3 rings (SSSR count). The van der Waals surface area contributed by atoms with Crippen LogP contribution in [0.1, 0.15) is 12.0 Å². The van der Waals surface area contributed by atoms with Gasteiger partial charge in [0, 0.05) is 30.4 Å². The third kappa shape index (κ3) is 4.69. The van der Waals surface area contributed by atoms with Crippen LogP contribution in [0.15, 0.2) is 55.1 Å². The van der Waals surface area contributed by atoms with Crippen molar-refractivity contribution >= 4 is 29.2 Å². The number of methoxy groups -OCH3 is 2. The number of imide groups is 1. The van der Waals surface area contributed by atoms with Crippen molar-refractivity contribution in [3.05, 3.63) is 60.7 Å². The molecule has 1 atom stereocenters. The molecule has 8 nitrogen and oxygen atoms in total. The molecule has 0 aliphatic carbocycles. The molecule has 8 heteroatoms. The number of anilines is 2. The number of aryl methyl sites for hydroxylation is 1. The van der Waals surface area contributed by atoms with Crippen molar-refractivity contribution in [2.24, 2.45) is 0 Å². The molecular formula is C23H25N3O5. The minimum Gasteiger partial charge on any atom is -0.497 e. The molecule has 162 valence electrons. The summed E-state index contributed by atoms with van der Waals surface area (Å²) in [6.45, 7) is 5.69. The maximum Gasteiger partial charge on any atom is 0.332 e. The lowest BCUT2D eigenvalue weighted by Gasteiger charge is -2.19. The van der Waals surface area contributed by atoms with Crippen LogP contribution in [-0.2, 0) is 9.59 Å². The predicted molar refractivity (Wildman–Crippen MR) is 118 cm³/mol. The van der Waals surface area contributed by atoms with Gasteiger partial charge in [0.1, 0.15) is 17.5 Å². The van der Waals surface area contributed by atoms with Crippen LogP contribution in [-0.4, -0.2) is 49.6 Å². The van der Waals surface area contributed by atoms with Crippen molar-refractivity contribution in [1.82, 2.24) is 4.90 Å². The Morgan fingerprint density at radius 1 is 1.13 bits per heavy atom. The van der Waals surface area contributed by atoms with Gasteiger partial charge in [-0.25, -0.2) is 9.69 Å². The summed E-state index contributed by atoms with van der Waals surface area (Å²) >= 11 is 0. The minimum atomic E-state index is -0.932. The van der Waals surface area contributed by atoms with Crippen LogP contribution >= 0.6 is 0 Å². The fourth-order valence-electron chi connectivity index (χ4n) is 3.45. The number of carbonyl (C=O) groups is 3. The Kier molecular flexibility index (Phi) is 6.59. The van der Waals surface area contributed by atoms with Crippen molar-refractivity contribution in [1.29, 1.82) is 0 Å². The van der Waals surface area contributed by atoms with Crippen molar-refractivity contribution in [2.75, 3.05) is 31.0 Å². The summed E-state index contributed by atoms with van der Waals surface area (Å²) in [6.07, 6.45) is 1.34. The predicted octanol–water partition coefficient (Wildman–Crippen LogP) is 3.36. The van der Waals surface area contributed by atoms with E-state index in [0.717, 1.165) is 10.5 Å². The molecule has 1 aliphatic heterocycles. The molecule has 1 aliphatic rings. The molecule has 0 bridgehead atoms. The van der Waals surface area contributed by atoms with E-state index < -0.39 is 23.9 Å². The van der Waals surface area contributed by atoms with Gasteiger partial charge in [0.15, 0.2) is 0 Å². The van der Waals surface area contributed by atoms with Gasteiger partial charge in [-0.3, -0.25) is 9.59 Å². The first-order valence-corrected chi connectivity index (χ1v) is 9.73. The van der Waals surface area contributed by atoms with Gasteiger partial charge >= 0.3 is 6.03 Å². The van der Waals surface area contributed by atoms with Crippen molar-refractivity contribution in [2.45, 2.75) is 19.4 Å². The molecule has 2 aromatic carbocycles. The van der Waals surface area contributed by atoms with E-state index in [-0.39, 0.29) is 13.0 Å². The maximum atomic E-state index is 13.1. The second kappa shape index (κ2) is 9.34. The first-order valence-electron chi connectivity index (χ1n) is 9.73. The molecule has 0 aromatic heterocycles. The van der Waals surface area contributed by atoms with Crippen LogP contribution in [0.25, 0.3) is 0 Å². The number of nitrogens with zero attached hydrogens (tertiary/aromatic N) is 2. The van der Waals surface area contributed by atoms with Gasteiger partial charge in [-0.15, -0.1) is 6.58 Å². The Morgan fingerprint density at radius 3 is 2.39 bits per heavy atom. The summed E-state index contributed by atoms with van der Waals surface area (Å²) in [5.74, 6) is 0.166. The zero-order valence-corrected chi connectivity index (χ0v) is 17.8. The molecule has 0 saturated carbocycles. The zero-order chi connectivity index (χ0) is 22.5. The van der Waals surface area contributed by atoms with Crippen LogP contribution in [0.5, 0.6) is 11.5 Å². The summed E-state index contributed by atoms with van der Waals surface area (Å²) in [5, 5.41) is 2.75. The normalized spacial score (nSPS) is 15.8. The van der Waals surface area contributed by atoms with E-state index >= 15 is 0 Å². The third-order valence-electron chi connectivity index (χ3n) is 4.92. The number of nitrogens with one attached hydrogen (secondary N) is 1. The Labute approximate surface area is 181 Å². The summed E-state index contributed by atoms with van der Waals surface area (Å²) < 4.78 is 10.4. The highest BCUT2D eigenvalue weighted by Gasteiger charge is 2.46. The molecule has 1 N–H and O–H groups in total. The minimum absolute atomic E-state index is 0.151. The van der Waals surface area contributed by atoms with E-state index in [4.69, 9.17) is 9.47 Å². The van der Waals surface area contributed by atoms with E-state index in [0.29, 0.717) is 22.9 Å². The second-order valence-corrected chi connectivity index (χ2v) is 7.11. The highest BCUT2D eigenvalue weighted by Crippen LogP contribution is 2.29. The number of hydrogen-bond donors (Lipinski definition) is 1. The average molecular weight is 423 g/mol. The Bertz CT molecular complexity index is 998. The van der Waals surface area contributed by atoms with Crippen LogP contribution in [0.3, 0.4) is 0 Å². The molecule has 2 aromatic rings. The second-order valence-electron chi connectivity index (χ2n) is 7.11. The summed E-state index contributed by atoms with van der Waals surface area (Å²) in [6, 6.07) is 10.7. The standard InChI is InChI=1S/C23H25N3O5/c1-5-9-25-20(22(28)26(23(25)29)17-8-6-7-15(2)10-17)14-21(27)24-16-11-18(30-3)13-19(12-16)31-4/h5-8,10-13,20H,1,9,14H2,2-4H3,(H,24,27). The van der Waals surface area contributed by atoms with Gasteiger partial charge in [0.05, 0.1) is 26.3 Å². The Hall–Kier alpha value is -3.81. The Balaban J connectivity index is 1.82. The Morgan fingerprint density at radius 2 is 1.81 bits per heavy atom. The molecule has 1 unspecified atom stereocenters. The summed E-state index contributed by atoms with van der Waals surface area (Å²) in [4.78, 5) is 41.3. The quantitative estimate of drug-likeness (QED) is 0.520. The van der Waals surface area contributed by atoms with E-state index in [2.05, 4.69) is 11.9 Å². The lowest BCUT2D eigenvalue weighted by molar-refractivity contribution is -0.124. The van der Waals surface area contributed by atoms with Crippen LogP contribution in [0.4, 0.5) is 16.2 Å². The maximum absolute atomic E-state index is 13.1. The number of hydrogen-bond acceptors (Lipinski definition) is 5. The fourth-order valence-corrected chi connectivity index (χ4v) is 3.45. The smallest absolute Gasteiger partial charge is 0.332 e. The van der Waals surface area contributed by atoms with Crippen molar-refractivity contribution in [3.63, 3.8) is 0 Å². The molecular weight excluding hydrogens is 398 g/mol. The van der Waals surface area contributed by atoms with E-state index in [9.17, 15) is 14.4 Å². The number of rotatable bonds is 8. The van der Waals surface area contributed by atoms with E-state index in [1.165, 1.54) is 25.2 Å². The first-order chi connectivity index (χ1) is 14.9. The third-order valence-corrected chi connectivity index (χ3v) is 4.92. The number of benzene rings is 2. The van der Waals surface area contributed by atoms with E-state index in [1.807, 2.05) is 13.0 Å². The fraction of sp³-hybridized carbons (Fsp3) is 0.261. The molecule has 4 amide bonds. The van der Waals surface area contributed by atoms with Crippen molar-refractivity contribution < 1.29 is 23.9 Å². The number of amides is 4. The van der Waals surface area contributed by atoms with Gasteiger partial charge in [-0.1, -0.05) is 18.2 Å². The zero-order valence-electron chi connectivity index (χ0n) is 17.8. The monoisotopic (exact) mass is 423 g/mol. The largest absolute Gasteiger partial charge is 0.497 e. The van der Waals surface area contributed by atoms with Gasteiger partial charge < -0.3 is 19.7 Å². The highest BCUT2D eigenvalue weighted by atomic mass is 16.5. The number of urea groups is 1. The molecule has 0 spiro atoms. The van der Waals surface area contributed by atoms with Crippen LogP contribution < -0.4 is 19.7 Å². The average Bonchev–Trinajstić information content (AvgIpc) is 2.97. The summed E-state index contributed by atoms with van der Waals surface area (Å²) in [5.41, 5.74) is 1.86. The van der Waals surface area contributed by atoms with Gasteiger partial charge in [0.25, 0.3) is 5.91 Å². The number of ether oxygens (including phenoxy) is 2. The highest BCUT2D eigenvalue weighted by molar-refractivity contribution is 6.22. The molecule has 31 heavy (non-hydrogen) atoms. The van der Waals surface area contributed by atoms with Gasteiger partial charge in [0.2, 0.25) is 5.91 Å². The molecule has 0 radical (unpaired) electrons. The molecule has 1 saturated heterocycles. The summed E-state index contributed by atoms with van der Waals surface area (Å²) in [7, 11) is 3.02. The molecule has 1 fully saturated rings. The van der Waals surface area contributed by atoms with E-state index in [1.54, 1.807) is 36.4 Å².